The Morgan fingerprint density at radius 2 is 2.00 bits per heavy atom. The summed E-state index contributed by atoms with van der Waals surface area (Å²) in [7, 11) is 0. The SMILES string of the molecule is CC(C)C(N)C(=O)Nc1ccc(-c2cnco2)cc1. The van der Waals surface area contributed by atoms with Gasteiger partial charge in [0.25, 0.3) is 0 Å². The van der Waals surface area contributed by atoms with Gasteiger partial charge in [-0.25, -0.2) is 4.98 Å². The van der Waals surface area contributed by atoms with Gasteiger partial charge in [0.15, 0.2) is 12.2 Å². The predicted octanol–water partition coefficient (Wildman–Crippen LogP) is 2.26. The van der Waals surface area contributed by atoms with Crippen LogP contribution in [0.25, 0.3) is 11.3 Å². The van der Waals surface area contributed by atoms with Gasteiger partial charge in [0.1, 0.15) is 0 Å². The van der Waals surface area contributed by atoms with Crippen LogP contribution < -0.4 is 11.1 Å². The van der Waals surface area contributed by atoms with Crippen molar-refractivity contribution in [3.05, 3.63) is 36.9 Å². The molecule has 2 rings (SSSR count). The lowest BCUT2D eigenvalue weighted by atomic mass is 10.0. The van der Waals surface area contributed by atoms with E-state index in [0.717, 1.165) is 5.56 Å². The first-order valence-electron chi connectivity index (χ1n) is 6.13. The number of aromatic nitrogens is 1. The first-order chi connectivity index (χ1) is 9.08. The zero-order chi connectivity index (χ0) is 13.8. The van der Waals surface area contributed by atoms with Crippen molar-refractivity contribution in [1.82, 2.24) is 4.98 Å². The van der Waals surface area contributed by atoms with E-state index in [-0.39, 0.29) is 11.8 Å². The molecular formula is C14H17N3O2. The molecule has 0 bridgehead atoms. The summed E-state index contributed by atoms with van der Waals surface area (Å²) in [4.78, 5) is 15.7. The second-order valence-corrected chi connectivity index (χ2v) is 4.70. The normalized spacial score (nSPS) is 12.4. The zero-order valence-corrected chi connectivity index (χ0v) is 11.0. The van der Waals surface area contributed by atoms with Crippen LogP contribution in [0, 0.1) is 5.92 Å². The molecule has 5 heteroatoms. The minimum atomic E-state index is -0.506. The maximum atomic E-state index is 11.8. The van der Waals surface area contributed by atoms with Crippen LogP contribution in [0.3, 0.4) is 0 Å². The van der Waals surface area contributed by atoms with Crippen LogP contribution in [-0.4, -0.2) is 16.9 Å². The van der Waals surface area contributed by atoms with Crippen LogP contribution in [0.5, 0.6) is 0 Å². The number of benzene rings is 1. The minimum absolute atomic E-state index is 0.105. The monoisotopic (exact) mass is 259 g/mol. The van der Waals surface area contributed by atoms with Crippen LogP contribution in [0.15, 0.2) is 41.3 Å². The molecule has 1 atom stereocenters. The van der Waals surface area contributed by atoms with Crippen LogP contribution >= 0.6 is 0 Å². The number of hydrogen-bond acceptors (Lipinski definition) is 4. The first-order valence-corrected chi connectivity index (χ1v) is 6.13. The summed E-state index contributed by atoms with van der Waals surface area (Å²) in [6, 6.07) is 6.83. The highest BCUT2D eigenvalue weighted by Gasteiger charge is 2.17. The Labute approximate surface area is 111 Å². The van der Waals surface area contributed by atoms with E-state index >= 15 is 0 Å². The number of carbonyl (C=O) groups is 1. The van der Waals surface area contributed by atoms with Crippen LogP contribution in [-0.2, 0) is 4.79 Å². The average molecular weight is 259 g/mol. The Hall–Kier alpha value is -2.14. The maximum absolute atomic E-state index is 11.8. The second-order valence-electron chi connectivity index (χ2n) is 4.70. The van der Waals surface area contributed by atoms with Gasteiger partial charge in [-0.15, -0.1) is 0 Å². The van der Waals surface area contributed by atoms with E-state index in [1.54, 1.807) is 6.20 Å². The number of nitrogens with zero attached hydrogens (tertiary/aromatic N) is 1. The van der Waals surface area contributed by atoms with Crippen molar-refractivity contribution in [1.29, 1.82) is 0 Å². The molecule has 1 amide bonds. The van der Waals surface area contributed by atoms with Gasteiger partial charge in [-0.3, -0.25) is 4.79 Å². The number of oxazole rings is 1. The molecular weight excluding hydrogens is 242 g/mol. The van der Waals surface area contributed by atoms with E-state index in [9.17, 15) is 4.79 Å². The molecule has 1 aromatic carbocycles. The second kappa shape index (κ2) is 5.67. The summed E-state index contributed by atoms with van der Waals surface area (Å²) in [5, 5.41) is 2.79. The Morgan fingerprint density at radius 1 is 1.32 bits per heavy atom. The van der Waals surface area contributed by atoms with Crippen molar-refractivity contribution in [2.75, 3.05) is 5.32 Å². The Morgan fingerprint density at radius 3 is 2.53 bits per heavy atom. The van der Waals surface area contributed by atoms with Crippen molar-refractivity contribution >= 4 is 11.6 Å². The Kier molecular flexibility index (Phi) is 3.97. The largest absolute Gasteiger partial charge is 0.444 e. The van der Waals surface area contributed by atoms with Gasteiger partial charge in [-0.2, -0.15) is 0 Å². The predicted molar refractivity (Wildman–Crippen MR) is 73.4 cm³/mol. The standard InChI is InChI=1S/C14H17N3O2/c1-9(2)13(15)14(18)17-11-5-3-10(4-6-11)12-7-16-8-19-12/h3-9,13H,15H2,1-2H3,(H,17,18). The highest BCUT2D eigenvalue weighted by molar-refractivity contribution is 5.95. The molecule has 0 aliphatic carbocycles. The van der Waals surface area contributed by atoms with Gasteiger partial charge in [-0.05, 0) is 30.2 Å². The fourth-order valence-electron chi connectivity index (χ4n) is 1.60. The highest BCUT2D eigenvalue weighted by Crippen LogP contribution is 2.20. The van der Waals surface area contributed by atoms with E-state index in [1.165, 1.54) is 6.39 Å². The van der Waals surface area contributed by atoms with E-state index in [0.29, 0.717) is 11.4 Å². The molecule has 100 valence electrons. The Bertz CT molecular complexity index is 532. The average Bonchev–Trinajstić information content (AvgIpc) is 2.92. The fraction of sp³-hybridized carbons (Fsp3) is 0.286. The van der Waals surface area contributed by atoms with Crippen LogP contribution in [0.2, 0.25) is 0 Å². The topological polar surface area (TPSA) is 81.2 Å². The summed E-state index contributed by atoms with van der Waals surface area (Å²) >= 11 is 0. The Balaban J connectivity index is 2.05. The molecule has 1 heterocycles. The lowest BCUT2D eigenvalue weighted by Crippen LogP contribution is -2.39. The zero-order valence-electron chi connectivity index (χ0n) is 11.0. The van der Waals surface area contributed by atoms with E-state index < -0.39 is 6.04 Å². The van der Waals surface area contributed by atoms with Gasteiger partial charge in [-0.1, -0.05) is 13.8 Å². The fourth-order valence-corrected chi connectivity index (χ4v) is 1.60. The van der Waals surface area contributed by atoms with Gasteiger partial charge < -0.3 is 15.5 Å². The summed E-state index contributed by atoms with van der Waals surface area (Å²) in [5.41, 5.74) is 7.40. The third-order valence-electron chi connectivity index (χ3n) is 2.89. The molecule has 1 aromatic heterocycles. The molecule has 2 aromatic rings. The molecule has 0 aliphatic rings. The summed E-state index contributed by atoms with van der Waals surface area (Å²) in [5.74, 6) is 0.618. The highest BCUT2D eigenvalue weighted by atomic mass is 16.3. The van der Waals surface area contributed by atoms with Crippen molar-refractivity contribution in [2.45, 2.75) is 19.9 Å². The molecule has 3 N–H and O–H groups in total. The number of amides is 1. The lowest BCUT2D eigenvalue weighted by Gasteiger charge is -2.15. The third-order valence-corrected chi connectivity index (χ3v) is 2.89. The molecule has 1 unspecified atom stereocenters. The molecule has 0 spiro atoms. The third kappa shape index (κ3) is 3.20. The minimum Gasteiger partial charge on any atom is -0.444 e. The van der Waals surface area contributed by atoms with Crippen molar-refractivity contribution in [3.63, 3.8) is 0 Å². The first kappa shape index (κ1) is 13.3. The van der Waals surface area contributed by atoms with Gasteiger partial charge in [0.2, 0.25) is 5.91 Å². The summed E-state index contributed by atoms with van der Waals surface area (Å²) < 4.78 is 5.19. The smallest absolute Gasteiger partial charge is 0.241 e. The molecule has 19 heavy (non-hydrogen) atoms. The molecule has 0 aliphatic heterocycles. The van der Waals surface area contributed by atoms with Gasteiger partial charge in [0, 0.05) is 11.3 Å². The summed E-state index contributed by atoms with van der Waals surface area (Å²) in [6.07, 6.45) is 3.02. The summed E-state index contributed by atoms with van der Waals surface area (Å²) in [6.45, 7) is 3.83. The van der Waals surface area contributed by atoms with Crippen LogP contribution in [0.1, 0.15) is 13.8 Å². The van der Waals surface area contributed by atoms with Crippen molar-refractivity contribution in [3.8, 4) is 11.3 Å². The van der Waals surface area contributed by atoms with Gasteiger partial charge >= 0.3 is 0 Å². The quantitative estimate of drug-likeness (QED) is 0.882. The van der Waals surface area contributed by atoms with Crippen LogP contribution in [0.4, 0.5) is 5.69 Å². The molecule has 0 radical (unpaired) electrons. The maximum Gasteiger partial charge on any atom is 0.241 e. The number of hydrogen-bond donors (Lipinski definition) is 2. The number of carbonyl (C=O) groups excluding carboxylic acids is 1. The molecule has 0 saturated carbocycles. The van der Waals surface area contributed by atoms with E-state index in [2.05, 4.69) is 10.3 Å². The van der Waals surface area contributed by atoms with Gasteiger partial charge in [0.05, 0.1) is 12.2 Å². The lowest BCUT2D eigenvalue weighted by molar-refractivity contribution is -0.118. The van der Waals surface area contributed by atoms with E-state index in [4.69, 9.17) is 10.2 Å². The number of nitrogens with one attached hydrogen (secondary N) is 1. The van der Waals surface area contributed by atoms with Crippen molar-refractivity contribution in [2.24, 2.45) is 11.7 Å². The molecule has 0 fully saturated rings. The molecule has 5 nitrogen and oxygen atoms in total. The molecule has 0 saturated heterocycles. The number of anilines is 1. The number of nitrogens with two attached hydrogens (primary N) is 1. The number of rotatable bonds is 4. The van der Waals surface area contributed by atoms with Crippen molar-refractivity contribution < 1.29 is 9.21 Å². The van der Waals surface area contributed by atoms with E-state index in [1.807, 2.05) is 38.1 Å².